The van der Waals surface area contributed by atoms with E-state index >= 15 is 0 Å². The van der Waals surface area contributed by atoms with Crippen LogP contribution >= 0.6 is 0 Å². The van der Waals surface area contributed by atoms with Gasteiger partial charge in [0, 0.05) is 40.4 Å². The number of alkyl halides is 3. The van der Waals surface area contributed by atoms with Gasteiger partial charge in [-0.05, 0) is 61.5 Å². The predicted octanol–water partition coefficient (Wildman–Crippen LogP) is 6.17. The molecule has 1 heterocycles. The SMILES string of the molecule is CCN(CC)CCOc1ccc2c(c1)C(C)(C)C1=C(C2=O)c2ccc(C(F)(F)F)cc2N[C@@H]1C. The Morgan fingerprint density at radius 3 is 2.38 bits per heavy atom. The summed E-state index contributed by atoms with van der Waals surface area (Å²) < 4.78 is 45.8. The zero-order valence-corrected chi connectivity index (χ0v) is 20.3. The molecule has 2 aromatic rings. The molecule has 0 fully saturated rings. The number of fused-ring (bicyclic) bond motifs is 3. The van der Waals surface area contributed by atoms with Crippen molar-refractivity contribution in [3.63, 3.8) is 0 Å². The third-order valence-corrected chi connectivity index (χ3v) is 7.07. The van der Waals surface area contributed by atoms with E-state index in [1.807, 2.05) is 13.0 Å². The maximum atomic E-state index is 13.7. The van der Waals surface area contributed by atoms with Crippen LogP contribution in [0.15, 0.2) is 42.0 Å². The van der Waals surface area contributed by atoms with E-state index in [0.717, 1.165) is 42.9 Å². The molecule has 0 unspecified atom stereocenters. The molecule has 34 heavy (non-hydrogen) atoms. The summed E-state index contributed by atoms with van der Waals surface area (Å²) in [6.45, 7) is 13.5. The van der Waals surface area contributed by atoms with Crippen LogP contribution in [-0.4, -0.2) is 43.0 Å². The minimum absolute atomic E-state index is 0.159. The molecule has 182 valence electrons. The zero-order chi connectivity index (χ0) is 24.8. The largest absolute Gasteiger partial charge is 0.492 e. The van der Waals surface area contributed by atoms with Crippen molar-refractivity contribution in [1.29, 1.82) is 0 Å². The van der Waals surface area contributed by atoms with Crippen molar-refractivity contribution < 1.29 is 22.7 Å². The third-order valence-electron chi connectivity index (χ3n) is 7.07. The molecule has 0 aromatic heterocycles. The van der Waals surface area contributed by atoms with E-state index in [2.05, 4.69) is 37.9 Å². The number of likely N-dealkylation sites (N-methyl/N-ethyl adjacent to an activating group) is 1. The predicted molar refractivity (Wildman–Crippen MR) is 129 cm³/mol. The number of nitrogens with one attached hydrogen (secondary N) is 1. The number of rotatable bonds is 6. The van der Waals surface area contributed by atoms with Crippen LogP contribution in [0.25, 0.3) is 5.57 Å². The molecule has 2 aliphatic rings. The molecular formula is C27H31F3N2O2. The smallest absolute Gasteiger partial charge is 0.416 e. The van der Waals surface area contributed by atoms with E-state index < -0.39 is 17.2 Å². The van der Waals surface area contributed by atoms with Gasteiger partial charge in [-0.25, -0.2) is 0 Å². The second-order valence-corrected chi connectivity index (χ2v) is 9.45. The monoisotopic (exact) mass is 472 g/mol. The standard InChI is InChI=1S/C27H31F3N2O2/c1-6-32(7-2)12-13-34-18-9-11-19-21(15-18)26(4,5)24-16(3)31-22-14-17(27(28,29)30)8-10-20(22)23(24)25(19)33/h8-11,14-16,31H,6-7,12-13H2,1-5H3/t16-/m1/s1. The van der Waals surface area contributed by atoms with Crippen LogP contribution in [0.5, 0.6) is 5.75 Å². The molecule has 1 aliphatic carbocycles. The topological polar surface area (TPSA) is 41.6 Å². The van der Waals surface area contributed by atoms with Crippen molar-refractivity contribution >= 4 is 17.0 Å². The number of allylic oxidation sites excluding steroid dienone is 1. The number of ether oxygens (including phenoxy) is 1. The Kier molecular flexibility index (Phi) is 6.27. The lowest BCUT2D eigenvalue weighted by Crippen LogP contribution is -2.40. The van der Waals surface area contributed by atoms with Crippen molar-refractivity contribution in [3.8, 4) is 5.75 Å². The summed E-state index contributed by atoms with van der Waals surface area (Å²) in [6, 6.07) is 8.78. The normalized spacial score (nSPS) is 18.9. The highest BCUT2D eigenvalue weighted by molar-refractivity contribution is 6.33. The first-order chi connectivity index (χ1) is 16.0. The Morgan fingerprint density at radius 1 is 1.06 bits per heavy atom. The molecule has 7 heteroatoms. The van der Waals surface area contributed by atoms with Crippen molar-refractivity contribution in [1.82, 2.24) is 4.90 Å². The number of hydrogen-bond acceptors (Lipinski definition) is 4. The van der Waals surface area contributed by atoms with Crippen molar-refractivity contribution in [2.24, 2.45) is 0 Å². The van der Waals surface area contributed by atoms with Gasteiger partial charge in [-0.2, -0.15) is 13.2 Å². The minimum Gasteiger partial charge on any atom is -0.492 e. The van der Waals surface area contributed by atoms with Gasteiger partial charge >= 0.3 is 6.18 Å². The van der Waals surface area contributed by atoms with Crippen LogP contribution in [-0.2, 0) is 11.6 Å². The Labute approximate surface area is 198 Å². The lowest BCUT2D eigenvalue weighted by atomic mass is 9.64. The van der Waals surface area contributed by atoms with E-state index in [-0.39, 0.29) is 11.8 Å². The highest BCUT2D eigenvalue weighted by atomic mass is 19.4. The van der Waals surface area contributed by atoms with Gasteiger partial charge in [-0.1, -0.05) is 33.8 Å². The van der Waals surface area contributed by atoms with Crippen molar-refractivity contribution in [3.05, 3.63) is 64.2 Å². The lowest BCUT2D eigenvalue weighted by molar-refractivity contribution is -0.137. The van der Waals surface area contributed by atoms with Crippen LogP contribution in [0.3, 0.4) is 0 Å². The van der Waals surface area contributed by atoms with E-state index in [9.17, 15) is 18.0 Å². The number of anilines is 1. The number of Topliss-reactive ketones (excluding diaryl/α,β-unsaturated/α-hetero) is 1. The summed E-state index contributed by atoms with van der Waals surface area (Å²) >= 11 is 0. The average molecular weight is 473 g/mol. The first-order valence-corrected chi connectivity index (χ1v) is 11.8. The molecule has 0 saturated heterocycles. The summed E-state index contributed by atoms with van der Waals surface area (Å²) in [4.78, 5) is 15.9. The number of ketones is 1. The number of carbonyl (C=O) groups excluding carboxylic acids is 1. The number of benzene rings is 2. The molecule has 0 amide bonds. The number of carbonyl (C=O) groups is 1. The van der Waals surface area contributed by atoms with Crippen LogP contribution in [0.2, 0.25) is 0 Å². The highest BCUT2D eigenvalue weighted by Crippen LogP contribution is 2.50. The number of hydrogen-bond donors (Lipinski definition) is 1. The lowest BCUT2D eigenvalue weighted by Gasteiger charge is -2.43. The first-order valence-electron chi connectivity index (χ1n) is 11.8. The van der Waals surface area contributed by atoms with Gasteiger partial charge in [0.1, 0.15) is 12.4 Å². The fourth-order valence-corrected chi connectivity index (χ4v) is 5.26. The van der Waals surface area contributed by atoms with Gasteiger partial charge in [0.2, 0.25) is 0 Å². The summed E-state index contributed by atoms with van der Waals surface area (Å²) in [5, 5.41) is 3.21. The maximum Gasteiger partial charge on any atom is 0.416 e. The van der Waals surface area contributed by atoms with E-state index in [1.54, 1.807) is 12.1 Å². The molecule has 1 aliphatic heterocycles. The summed E-state index contributed by atoms with van der Waals surface area (Å²) in [5.41, 5.74) is 2.45. The molecule has 0 saturated carbocycles. The average Bonchev–Trinajstić information content (AvgIpc) is 2.78. The second-order valence-electron chi connectivity index (χ2n) is 9.45. The quantitative estimate of drug-likeness (QED) is 0.546. The fourth-order valence-electron chi connectivity index (χ4n) is 5.26. The van der Waals surface area contributed by atoms with E-state index in [4.69, 9.17) is 4.74 Å². The van der Waals surface area contributed by atoms with Crippen LogP contribution in [0.4, 0.5) is 18.9 Å². The van der Waals surface area contributed by atoms with Gasteiger partial charge in [0.15, 0.2) is 5.78 Å². The molecule has 1 atom stereocenters. The van der Waals surface area contributed by atoms with E-state index in [0.29, 0.717) is 34.7 Å². The molecular weight excluding hydrogens is 441 g/mol. The minimum atomic E-state index is -4.45. The number of halogens is 3. The maximum absolute atomic E-state index is 13.7. The summed E-state index contributed by atoms with van der Waals surface area (Å²) in [6.07, 6.45) is -4.45. The molecule has 0 spiro atoms. The van der Waals surface area contributed by atoms with Crippen LogP contribution < -0.4 is 10.1 Å². The Bertz CT molecular complexity index is 1150. The van der Waals surface area contributed by atoms with Crippen molar-refractivity contribution in [2.75, 3.05) is 31.6 Å². The second kappa shape index (κ2) is 8.77. The van der Waals surface area contributed by atoms with Gasteiger partial charge in [0.25, 0.3) is 0 Å². The van der Waals surface area contributed by atoms with Gasteiger partial charge in [-0.3, -0.25) is 4.79 Å². The van der Waals surface area contributed by atoms with Gasteiger partial charge in [-0.15, -0.1) is 0 Å². The van der Waals surface area contributed by atoms with Crippen molar-refractivity contribution in [2.45, 2.75) is 52.3 Å². The van der Waals surface area contributed by atoms with Crippen LogP contribution in [0.1, 0.15) is 61.7 Å². The molecule has 1 N–H and O–H groups in total. The Morgan fingerprint density at radius 2 is 1.74 bits per heavy atom. The third kappa shape index (κ3) is 4.11. The zero-order valence-electron chi connectivity index (χ0n) is 20.3. The Balaban J connectivity index is 1.72. The fraction of sp³-hybridized carbons (Fsp3) is 0.444. The number of nitrogens with zero attached hydrogens (tertiary/aromatic N) is 1. The van der Waals surface area contributed by atoms with Gasteiger partial charge < -0.3 is 15.0 Å². The van der Waals surface area contributed by atoms with Crippen LogP contribution in [0, 0.1) is 0 Å². The molecule has 0 radical (unpaired) electrons. The molecule has 0 bridgehead atoms. The van der Waals surface area contributed by atoms with E-state index in [1.165, 1.54) is 6.07 Å². The molecule has 4 nitrogen and oxygen atoms in total. The molecule has 4 rings (SSSR count). The summed E-state index contributed by atoms with van der Waals surface area (Å²) in [5.74, 6) is 0.552. The Hall–Kier alpha value is -2.80. The van der Waals surface area contributed by atoms with Gasteiger partial charge in [0.05, 0.1) is 5.56 Å². The highest BCUT2D eigenvalue weighted by Gasteiger charge is 2.44. The first kappa shape index (κ1) is 24.3. The summed E-state index contributed by atoms with van der Waals surface area (Å²) in [7, 11) is 0. The molecule has 2 aromatic carbocycles.